The highest BCUT2D eigenvalue weighted by molar-refractivity contribution is 9.10. The molecule has 0 bridgehead atoms. The van der Waals surface area contributed by atoms with E-state index in [1.807, 2.05) is 24.3 Å². The van der Waals surface area contributed by atoms with Crippen molar-refractivity contribution in [2.45, 2.75) is 25.5 Å². The van der Waals surface area contributed by atoms with Crippen molar-refractivity contribution in [3.05, 3.63) is 34.3 Å². The van der Waals surface area contributed by atoms with Crippen LogP contribution in [0.15, 0.2) is 28.7 Å². The molecule has 1 aliphatic heterocycles. The molecule has 1 N–H and O–H groups in total. The quantitative estimate of drug-likeness (QED) is 0.921. The molecule has 1 heterocycles. The highest BCUT2D eigenvalue weighted by Gasteiger charge is 2.21. The molecule has 0 radical (unpaired) electrons. The summed E-state index contributed by atoms with van der Waals surface area (Å²) in [6.07, 6.45) is 0.430. The molecule has 3 nitrogen and oxygen atoms in total. The summed E-state index contributed by atoms with van der Waals surface area (Å²) in [5.41, 5.74) is 0.997. The summed E-state index contributed by atoms with van der Waals surface area (Å²) < 4.78 is 1.03. The number of benzene rings is 1. The van der Waals surface area contributed by atoms with Crippen LogP contribution in [0.3, 0.4) is 0 Å². The molecule has 0 aromatic heterocycles. The van der Waals surface area contributed by atoms with Crippen molar-refractivity contribution in [1.82, 2.24) is 9.80 Å². The number of piperazine rings is 1. The largest absolute Gasteiger partial charge is 0.388 e. The number of nitrogens with zero attached hydrogens (tertiary/aromatic N) is 2. The smallest absolute Gasteiger partial charge is 0.0802 e. The Balaban J connectivity index is 1.82. The molecule has 106 valence electrons. The van der Waals surface area contributed by atoms with Gasteiger partial charge in [-0.15, -0.1) is 0 Å². The molecule has 1 aromatic carbocycles. The van der Waals surface area contributed by atoms with Gasteiger partial charge in [0, 0.05) is 36.7 Å². The molecule has 0 aliphatic carbocycles. The van der Waals surface area contributed by atoms with Gasteiger partial charge in [0.05, 0.1) is 6.10 Å². The molecule has 0 saturated carbocycles. The summed E-state index contributed by atoms with van der Waals surface area (Å²) in [4.78, 5) is 4.84. The Morgan fingerprint density at radius 3 is 2.89 bits per heavy atom. The predicted molar refractivity (Wildman–Crippen MR) is 82.3 cm³/mol. The van der Waals surface area contributed by atoms with E-state index in [0.717, 1.165) is 42.6 Å². The molecular formula is C15H23BrN2O. The fourth-order valence-corrected chi connectivity index (χ4v) is 2.93. The summed E-state index contributed by atoms with van der Waals surface area (Å²) in [5.74, 6) is 0. The van der Waals surface area contributed by atoms with Crippen LogP contribution in [0.2, 0.25) is 0 Å². The Kier molecular flexibility index (Phi) is 5.39. The first-order valence-electron chi connectivity index (χ1n) is 6.92. The Morgan fingerprint density at radius 1 is 1.42 bits per heavy atom. The summed E-state index contributed by atoms with van der Waals surface area (Å²) in [6, 6.07) is 8.55. The van der Waals surface area contributed by atoms with Gasteiger partial charge < -0.3 is 14.9 Å². The lowest BCUT2D eigenvalue weighted by Gasteiger charge is -2.38. The molecule has 0 amide bonds. The second-order valence-corrected chi connectivity index (χ2v) is 6.41. The van der Waals surface area contributed by atoms with E-state index in [4.69, 9.17) is 0 Å². The fraction of sp³-hybridized carbons (Fsp3) is 0.600. The summed E-state index contributed by atoms with van der Waals surface area (Å²) in [5, 5.41) is 10.2. The molecule has 4 heteroatoms. The van der Waals surface area contributed by atoms with Gasteiger partial charge in [0.1, 0.15) is 0 Å². The van der Waals surface area contributed by atoms with Crippen LogP contribution in [0.25, 0.3) is 0 Å². The Labute approximate surface area is 124 Å². The molecule has 0 spiro atoms. The van der Waals surface area contributed by atoms with Crippen LogP contribution in [0.1, 0.15) is 25.0 Å². The van der Waals surface area contributed by atoms with Crippen LogP contribution < -0.4 is 0 Å². The zero-order valence-electron chi connectivity index (χ0n) is 11.7. The predicted octanol–water partition coefficient (Wildman–Crippen LogP) is 2.51. The van der Waals surface area contributed by atoms with Gasteiger partial charge in [-0.05, 0) is 38.1 Å². The normalized spacial score (nSPS) is 23.5. The third kappa shape index (κ3) is 4.28. The highest BCUT2D eigenvalue weighted by Crippen LogP contribution is 2.21. The van der Waals surface area contributed by atoms with Gasteiger partial charge in [-0.1, -0.05) is 28.1 Å². The van der Waals surface area contributed by atoms with Gasteiger partial charge >= 0.3 is 0 Å². The van der Waals surface area contributed by atoms with Crippen molar-refractivity contribution >= 4 is 15.9 Å². The minimum Gasteiger partial charge on any atom is -0.388 e. The number of hydrogen-bond donors (Lipinski definition) is 1. The molecular weight excluding hydrogens is 304 g/mol. The second kappa shape index (κ2) is 6.84. The minimum absolute atomic E-state index is 0.368. The van der Waals surface area contributed by atoms with Crippen LogP contribution in [0, 0.1) is 0 Å². The lowest BCUT2D eigenvalue weighted by molar-refractivity contribution is 0.0839. The maximum Gasteiger partial charge on any atom is 0.0802 e. The summed E-state index contributed by atoms with van der Waals surface area (Å²) in [7, 11) is 2.18. The van der Waals surface area contributed by atoms with Gasteiger partial charge in [-0.25, -0.2) is 0 Å². The number of aliphatic hydroxyl groups is 1. The van der Waals surface area contributed by atoms with E-state index in [0.29, 0.717) is 6.04 Å². The Morgan fingerprint density at radius 2 is 2.21 bits per heavy atom. The first kappa shape index (κ1) is 15.0. The van der Waals surface area contributed by atoms with Crippen molar-refractivity contribution in [3.8, 4) is 0 Å². The SMILES string of the molecule is CC1CN(CCC(O)c2cccc(Br)c2)CCN1C. The van der Waals surface area contributed by atoms with Gasteiger partial charge in [0.25, 0.3) is 0 Å². The van der Waals surface area contributed by atoms with Crippen LogP contribution in [0.5, 0.6) is 0 Å². The second-order valence-electron chi connectivity index (χ2n) is 5.49. The monoisotopic (exact) mass is 326 g/mol. The standard InChI is InChI=1S/C15H23BrN2O/c1-12-11-18(9-8-17(12)2)7-6-15(19)13-4-3-5-14(16)10-13/h3-5,10,12,15,19H,6-9,11H2,1-2H3. The average molecular weight is 327 g/mol. The first-order valence-corrected chi connectivity index (χ1v) is 7.71. The van der Waals surface area contributed by atoms with Crippen molar-refractivity contribution in [1.29, 1.82) is 0 Å². The number of aliphatic hydroxyl groups excluding tert-OH is 1. The van der Waals surface area contributed by atoms with E-state index in [2.05, 4.69) is 39.7 Å². The van der Waals surface area contributed by atoms with E-state index in [-0.39, 0.29) is 6.10 Å². The highest BCUT2D eigenvalue weighted by atomic mass is 79.9. The fourth-order valence-electron chi connectivity index (χ4n) is 2.51. The number of halogens is 1. The average Bonchev–Trinajstić information content (AvgIpc) is 2.40. The molecule has 19 heavy (non-hydrogen) atoms. The summed E-state index contributed by atoms with van der Waals surface area (Å²) >= 11 is 3.45. The number of hydrogen-bond acceptors (Lipinski definition) is 3. The molecule has 1 aromatic rings. The van der Waals surface area contributed by atoms with Gasteiger partial charge in [0.15, 0.2) is 0 Å². The zero-order valence-corrected chi connectivity index (χ0v) is 13.3. The minimum atomic E-state index is -0.368. The Bertz CT molecular complexity index is 413. The van der Waals surface area contributed by atoms with E-state index in [1.54, 1.807) is 0 Å². The van der Waals surface area contributed by atoms with Crippen molar-refractivity contribution < 1.29 is 5.11 Å². The van der Waals surface area contributed by atoms with Crippen LogP contribution in [-0.2, 0) is 0 Å². The van der Waals surface area contributed by atoms with Crippen LogP contribution in [-0.4, -0.2) is 54.2 Å². The van der Waals surface area contributed by atoms with E-state index >= 15 is 0 Å². The maximum absolute atomic E-state index is 10.2. The molecule has 2 atom stereocenters. The molecule has 2 rings (SSSR count). The van der Waals surface area contributed by atoms with E-state index in [9.17, 15) is 5.11 Å². The number of likely N-dealkylation sites (N-methyl/N-ethyl adjacent to an activating group) is 1. The Hall–Kier alpha value is -0.420. The number of rotatable bonds is 4. The van der Waals surface area contributed by atoms with E-state index < -0.39 is 0 Å². The topological polar surface area (TPSA) is 26.7 Å². The van der Waals surface area contributed by atoms with Gasteiger partial charge in [-0.2, -0.15) is 0 Å². The summed E-state index contributed by atoms with van der Waals surface area (Å²) in [6.45, 7) is 6.55. The molecule has 1 fully saturated rings. The van der Waals surface area contributed by atoms with Crippen molar-refractivity contribution in [3.63, 3.8) is 0 Å². The van der Waals surface area contributed by atoms with Crippen LogP contribution >= 0.6 is 15.9 Å². The lowest BCUT2D eigenvalue weighted by atomic mass is 10.1. The van der Waals surface area contributed by atoms with Crippen molar-refractivity contribution in [2.75, 3.05) is 33.2 Å². The molecule has 1 saturated heterocycles. The van der Waals surface area contributed by atoms with E-state index in [1.165, 1.54) is 0 Å². The lowest BCUT2D eigenvalue weighted by Crippen LogP contribution is -2.50. The third-order valence-corrected chi connectivity index (χ3v) is 4.49. The van der Waals surface area contributed by atoms with Gasteiger partial charge in [-0.3, -0.25) is 0 Å². The van der Waals surface area contributed by atoms with Crippen molar-refractivity contribution in [2.24, 2.45) is 0 Å². The zero-order chi connectivity index (χ0) is 13.8. The van der Waals surface area contributed by atoms with Crippen LogP contribution in [0.4, 0.5) is 0 Å². The first-order chi connectivity index (χ1) is 9.06. The maximum atomic E-state index is 10.2. The van der Waals surface area contributed by atoms with Gasteiger partial charge in [0.2, 0.25) is 0 Å². The molecule has 1 aliphatic rings. The molecule has 2 unspecified atom stereocenters. The third-order valence-electron chi connectivity index (χ3n) is 4.00.